The SMILES string of the molecule is CC1(O)CCN(S(=O)(=O)c2ccc(CNC3CC3)cc2)C1. The van der Waals surface area contributed by atoms with Crippen molar-refractivity contribution >= 4 is 10.0 Å². The Morgan fingerprint density at radius 3 is 2.52 bits per heavy atom. The van der Waals surface area contributed by atoms with Gasteiger partial charge in [0.15, 0.2) is 0 Å². The normalized spacial score (nSPS) is 27.1. The quantitative estimate of drug-likeness (QED) is 0.854. The number of hydrogen-bond acceptors (Lipinski definition) is 4. The first kappa shape index (κ1) is 15.0. The van der Waals surface area contributed by atoms with Crippen LogP contribution in [0, 0.1) is 0 Å². The van der Waals surface area contributed by atoms with Crippen LogP contribution in [0.2, 0.25) is 0 Å². The van der Waals surface area contributed by atoms with Crippen molar-refractivity contribution in [2.45, 2.75) is 49.3 Å². The standard InChI is InChI=1S/C15H22N2O3S/c1-15(18)8-9-17(11-15)21(19,20)14-6-2-12(3-7-14)10-16-13-4-5-13/h2-3,6-7,13,16,18H,4-5,8-11H2,1H3. The summed E-state index contributed by atoms with van der Waals surface area (Å²) in [5.41, 5.74) is 0.176. The van der Waals surface area contributed by atoms with Crippen molar-refractivity contribution in [2.75, 3.05) is 13.1 Å². The van der Waals surface area contributed by atoms with Gasteiger partial charge < -0.3 is 10.4 Å². The van der Waals surface area contributed by atoms with E-state index in [0.29, 0.717) is 23.9 Å². The van der Waals surface area contributed by atoms with Gasteiger partial charge >= 0.3 is 0 Å². The van der Waals surface area contributed by atoms with Gasteiger partial charge in [-0.05, 0) is 43.9 Å². The van der Waals surface area contributed by atoms with Gasteiger partial charge in [0.25, 0.3) is 0 Å². The van der Waals surface area contributed by atoms with E-state index in [2.05, 4.69) is 5.32 Å². The molecule has 1 saturated heterocycles. The Kier molecular flexibility index (Phi) is 3.81. The first-order valence-electron chi connectivity index (χ1n) is 7.42. The van der Waals surface area contributed by atoms with Gasteiger partial charge in [0, 0.05) is 25.7 Å². The van der Waals surface area contributed by atoms with Crippen molar-refractivity contribution in [3.63, 3.8) is 0 Å². The van der Waals surface area contributed by atoms with Crippen LogP contribution in [0.3, 0.4) is 0 Å². The Bertz CT molecular complexity index is 606. The molecule has 21 heavy (non-hydrogen) atoms. The lowest BCUT2D eigenvalue weighted by molar-refractivity contribution is 0.0762. The number of rotatable bonds is 5. The van der Waals surface area contributed by atoms with Crippen LogP contribution in [0.4, 0.5) is 0 Å². The van der Waals surface area contributed by atoms with E-state index in [1.54, 1.807) is 19.1 Å². The Morgan fingerprint density at radius 1 is 1.33 bits per heavy atom. The maximum atomic E-state index is 12.5. The van der Waals surface area contributed by atoms with E-state index in [0.717, 1.165) is 12.1 Å². The molecule has 1 aliphatic carbocycles. The number of aliphatic hydroxyl groups is 1. The predicted molar refractivity (Wildman–Crippen MR) is 80.3 cm³/mol. The maximum absolute atomic E-state index is 12.5. The van der Waals surface area contributed by atoms with Crippen LogP contribution >= 0.6 is 0 Å². The number of benzene rings is 1. The summed E-state index contributed by atoms with van der Waals surface area (Å²) in [5.74, 6) is 0. The lowest BCUT2D eigenvalue weighted by atomic mass is 10.1. The average Bonchev–Trinajstić information content (AvgIpc) is 3.19. The monoisotopic (exact) mass is 310 g/mol. The highest BCUT2D eigenvalue weighted by Crippen LogP contribution is 2.27. The summed E-state index contributed by atoms with van der Waals surface area (Å²) < 4.78 is 26.4. The number of β-amino-alcohol motifs (C(OH)–C–C–N with tert-alkyl or cyclic N) is 1. The lowest BCUT2D eigenvalue weighted by Gasteiger charge is -2.19. The van der Waals surface area contributed by atoms with Crippen molar-refractivity contribution in [2.24, 2.45) is 0 Å². The first-order chi connectivity index (χ1) is 9.87. The minimum atomic E-state index is -3.49. The van der Waals surface area contributed by atoms with Gasteiger partial charge in [-0.3, -0.25) is 0 Å². The van der Waals surface area contributed by atoms with Crippen LogP contribution in [-0.2, 0) is 16.6 Å². The molecule has 0 radical (unpaired) electrons. The van der Waals surface area contributed by atoms with Crippen LogP contribution in [0.15, 0.2) is 29.2 Å². The van der Waals surface area contributed by atoms with E-state index >= 15 is 0 Å². The van der Waals surface area contributed by atoms with Crippen LogP contribution in [0.25, 0.3) is 0 Å². The largest absolute Gasteiger partial charge is 0.389 e. The van der Waals surface area contributed by atoms with Crippen LogP contribution in [-0.4, -0.2) is 42.6 Å². The third-order valence-electron chi connectivity index (χ3n) is 4.15. The molecular weight excluding hydrogens is 288 g/mol. The summed E-state index contributed by atoms with van der Waals surface area (Å²) in [6.07, 6.45) is 2.96. The molecule has 3 rings (SSSR count). The third-order valence-corrected chi connectivity index (χ3v) is 6.01. The number of hydrogen-bond donors (Lipinski definition) is 2. The second-order valence-corrected chi connectivity index (χ2v) is 8.32. The van der Waals surface area contributed by atoms with Gasteiger partial charge in [-0.2, -0.15) is 4.31 Å². The molecule has 1 unspecified atom stereocenters. The molecule has 1 aliphatic heterocycles. The van der Waals surface area contributed by atoms with E-state index in [1.807, 2.05) is 12.1 Å². The van der Waals surface area contributed by atoms with Crippen LogP contribution in [0.1, 0.15) is 31.7 Å². The minimum absolute atomic E-state index is 0.167. The highest BCUT2D eigenvalue weighted by molar-refractivity contribution is 7.89. The summed E-state index contributed by atoms with van der Waals surface area (Å²) in [6.45, 7) is 3.00. The van der Waals surface area contributed by atoms with E-state index in [9.17, 15) is 13.5 Å². The number of nitrogens with zero attached hydrogens (tertiary/aromatic N) is 1. The summed E-state index contributed by atoms with van der Waals surface area (Å²) in [7, 11) is -3.49. The van der Waals surface area contributed by atoms with Crippen molar-refractivity contribution in [3.05, 3.63) is 29.8 Å². The molecule has 5 nitrogen and oxygen atoms in total. The topological polar surface area (TPSA) is 69.6 Å². The fraction of sp³-hybridized carbons (Fsp3) is 0.600. The number of nitrogens with one attached hydrogen (secondary N) is 1. The molecule has 0 bridgehead atoms. The van der Waals surface area contributed by atoms with Gasteiger partial charge in [-0.1, -0.05) is 12.1 Å². The third kappa shape index (κ3) is 3.45. The van der Waals surface area contributed by atoms with Gasteiger partial charge in [0.2, 0.25) is 10.0 Å². The average molecular weight is 310 g/mol. The van der Waals surface area contributed by atoms with Crippen LogP contribution in [0.5, 0.6) is 0 Å². The summed E-state index contributed by atoms with van der Waals surface area (Å²) in [6, 6.07) is 7.67. The fourth-order valence-electron chi connectivity index (χ4n) is 2.59. The fourth-order valence-corrected chi connectivity index (χ4v) is 4.14. The van der Waals surface area contributed by atoms with Crippen molar-refractivity contribution in [3.8, 4) is 0 Å². The van der Waals surface area contributed by atoms with Crippen molar-refractivity contribution in [1.82, 2.24) is 9.62 Å². The molecule has 2 N–H and O–H groups in total. The Morgan fingerprint density at radius 2 is 2.00 bits per heavy atom. The summed E-state index contributed by atoms with van der Waals surface area (Å²) >= 11 is 0. The Balaban J connectivity index is 1.70. The van der Waals surface area contributed by atoms with Gasteiger partial charge in [-0.25, -0.2) is 8.42 Å². The molecule has 2 fully saturated rings. The molecule has 1 atom stereocenters. The second kappa shape index (κ2) is 5.35. The van der Waals surface area contributed by atoms with E-state index < -0.39 is 15.6 Å². The van der Waals surface area contributed by atoms with E-state index in [-0.39, 0.29) is 6.54 Å². The summed E-state index contributed by atoms with van der Waals surface area (Å²) in [4.78, 5) is 0.301. The molecule has 1 heterocycles. The van der Waals surface area contributed by atoms with Crippen molar-refractivity contribution < 1.29 is 13.5 Å². The Labute approximate surface area is 126 Å². The van der Waals surface area contributed by atoms with E-state index in [4.69, 9.17) is 0 Å². The first-order valence-corrected chi connectivity index (χ1v) is 8.86. The van der Waals surface area contributed by atoms with Gasteiger partial charge in [-0.15, -0.1) is 0 Å². The zero-order valence-corrected chi connectivity index (χ0v) is 13.1. The highest BCUT2D eigenvalue weighted by Gasteiger charge is 2.38. The highest BCUT2D eigenvalue weighted by atomic mass is 32.2. The molecule has 116 valence electrons. The van der Waals surface area contributed by atoms with E-state index in [1.165, 1.54) is 17.1 Å². The van der Waals surface area contributed by atoms with Gasteiger partial charge in [0.1, 0.15) is 0 Å². The molecular formula is C15H22N2O3S. The molecule has 6 heteroatoms. The smallest absolute Gasteiger partial charge is 0.243 e. The molecule has 0 spiro atoms. The maximum Gasteiger partial charge on any atom is 0.243 e. The molecule has 1 aromatic carbocycles. The molecule has 1 aromatic rings. The minimum Gasteiger partial charge on any atom is -0.389 e. The zero-order valence-electron chi connectivity index (χ0n) is 12.2. The lowest BCUT2D eigenvalue weighted by Crippen LogP contribution is -2.33. The second-order valence-electron chi connectivity index (χ2n) is 6.38. The van der Waals surface area contributed by atoms with Crippen LogP contribution < -0.4 is 5.32 Å². The Hall–Kier alpha value is -0.950. The predicted octanol–water partition coefficient (Wildman–Crippen LogP) is 1.08. The summed E-state index contributed by atoms with van der Waals surface area (Å²) in [5, 5.41) is 13.3. The van der Waals surface area contributed by atoms with Crippen molar-refractivity contribution in [1.29, 1.82) is 0 Å². The molecule has 0 aromatic heterocycles. The molecule has 0 amide bonds. The number of sulfonamides is 1. The molecule has 1 saturated carbocycles. The molecule has 2 aliphatic rings. The zero-order chi connectivity index (χ0) is 15.1. The van der Waals surface area contributed by atoms with Gasteiger partial charge in [0.05, 0.1) is 10.5 Å².